The molecular weight excluding hydrogens is 512 g/mol. The van der Waals surface area contributed by atoms with Gasteiger partial charge in [-0.15, -0.1) is 0 Å². The van der Waals surface area contributed by atoms with E-state index in [1.807, 2.05) is 49.4 Å². The number of hydrogen-bond acceptors (Lipinski definition) is 7. The molecule has 2 aromatic heterocycles. The molecule has 0 spiro atoms. The normalized spacial score (nSPS) is 15.6. The molecular formula is C29H32N6O5. The van der Waals surface area contributed by atoms with Crippen LogP contribution in [0.4, 0.5) is 4.79 Å². The zero-order valence-electron chi connectivity index (χ0n) is 22.3. The fraction of sp³-hybridized carbons (Fsp3) is 0.345. The smallest absolute Gasteiger partial charge is 0.404 e. The fourth-order valence-electron chi connectivity index (χ4n) is 5.08. The fourth-order valence-corrected chi connectivity index (χ4v) is 5.08. The van der Waals surface area contributed by atoms with Crippen LogP contribution in [0.1, 0.15) is 43.2 Å². The minimum absolute atomic E-state index is 0.0629. The van der Waals surface area contributed by atoms with Crippen LogP contribution in [0.3, 0.4) is 0 Å². The number of rotatable bonds is 8. The van der Waals surface area contributed by atoms with E-state index < -0.39 is 11.7 Å². The van der Waals surface area contributed by atoms with Crippen molar-refractivity contribution in [3.63, 3.8) is 0 Å². The lowest BCUT2D eigenvalue weighted by Gasteiger charge is -2.38. The predicted molar refractivity (Wildman–Crippen MR) is 147 cm³/mol. The molecule has 208 valence electrons. The van der Waals surface area contributed by atoms with Gasteiger partial charge in [-0.2, -0.15) is 5.10 Å². The Kier molecular flexibility index (Phi) is 7.65. The van der Waals surface area contributed by atoms with Gasteiger partial charge in [0.2, 0.25) is 11.6 Å². The van der Waals surface area contributed by atoms with Crippen LogP contribution in [0.25, 0.3) is 16.9 Å². The van der Waals surface area contributed by atoms with Crippen molar-refractivity contribution in [3.05, 3.63) is 88.6 Å². The number of imidazole rings is 1. The third-order valence-corrected chi connectivity index (χ3v) is 7.49. The Balaban J connectivity index is 1.23. The minimum atomic E-state index is -1.14. The summed E-state index contributed by atoms with van der Waals surface area (Å²) >= 11 is 0. The van der Waals surface area contributed by atoms with E-state index in [0.717, 1.165) is 16.7 Å². The SMILES string of the molecule is C[C@H](CC(=O)N1CCC(O)(Cn2cnn3c(-c4ccc(COC(N)=O)cc4)cnc3c2=O)CC1)c1ccccc1. The van der Waals surface area contributed by atoms with Crippen LogP contribution in [0.15, 0.2) is 71.9 Å². The van der Waals surface area contributed by atoms with E-state index >= 15 is 0 Å². The molecule has 1 fully saturated rings. The maximum absolute atomic E-state index is 13.2. The van der Waals surface area contributed by atoms with Gasteiger partial charge in [-0.25, -0.2) is 14.3 Å². The lowest BCUT2D eigenvalue weighted by atomic mass is 9.90. The summed E-state index contributed by atoms with van der Waals surface area (Å²) in [6.45, 7) is 3.02. The Bertz CT molecular complexity index is 1560. The molecule has 1 aliphatic rings. The van der Waals surface area contributed by atoms with Crippen LogP contribution >= 0.6 is 0 Å². The van der Waals surface area contributed by atoms with Gasteiger partial charge in [0.25, 0.3) is 5.56 Å². The molecule has 1 atom stereocenters. The Morgan fingerprint density at radius 1 is 1.10 bits per heavy atom. The number of amides is 2. The van der Waals surface area contributed by atoms with Crippen LogP contribution in [0.2, 0.25) is 0 Å². The van der Waals surface area contributed by atoms with Gasteiger partial charge in [0.05, 0.1) is 24.0 Å². The summed E-state index contributed by atoms with van der Waals surface area (Å²) in [5, 5.41) is 15.7. The second kappa shape index (κ2) is 11.3. The maximum atomic E-state index is 13.2. The highest BCUT2D eigenvalue weighted by Gasteiger charge is 2.35. The number of aliphatic hydroxyl groups is 1. The molecule has 4 aromatic rings. The topological polar surface area (TPSA) is 145 Å². The van der Waals surface area contributed by atoms with Crippen LogP contribution in [0.5, 0.6) is 0 Å². The van der Waals surface area contributed by atoms with Crippen molar-refractivity contribution in [1.29, 1.82) is 0 Å². The number of likely N-dealkylation sites (tertiary alicyclic amines) is 1. The van der Waals surface area contributed by atoms with Crippen molar-refractivity contribution in [2.75, 3.05) is 13.1 Å². The molecule has 11 heteroatoms. The number of carbonyl (C=O) groups is 2. The van der Waals surface area contributed by atoms with Crippen molar-refractivity contribution >= 4 is 17.6 Å². The highest BCUT2D eigenvalue weighted by molar-refractivity contribution is 5.77. The summed E-state index contributed by atoms with van der Waals surface area (Å²) in [5.41, 5.74) is 6.94. The summed E-state index contributed by atoms with van der Waals surface area (Å²) < 4.78 is 7.65. The number of primary amides is 1. The quantitative estimate of drug-likeness (QED) is 0.347. The first kappa shape index (κ1) is 27.1. The van der Waals surface area contributed by atoms with Crippen molar-refractivity contribution in [3.8, 4) is 11.3 Å². The second-order valence-corrected chi connectivity index (χ2v) is 10.4. The molecule has 1 saturated heterocycles. The number of fused-ring (bicyclic) bond motifs is 1. The van der Waals surface area contributed by atoms with Gasteiger partial charge in [-0.1, -0.05) is 61.5 Å². The van der Waals surface area contributed by atoms with E-state index in [2.05, 4.69) is 10.1 Å². The lowest BCUT2D eigenvalue weighted by Crippen LogP contribution is -2.50. The highest BCUT2D eigenvalue weighted by Crippen LogP contribution is 2.27. The average molecular weight is 545 g/mol. The molecule has 0 radical (unpaired) electrons. The number of nitrogens with zero attached hydrogens (tertiary/aromatic N) is 5. The second-order valence-electron chi connectivity index (χ2n) is 10.4. The first-order chi connectivity index (χ1) is 19.2. The van der Waals surface area contributed by atoms with E-state index in [-0.39, 0.29) is 36.2 Å². The lowest BCUT2D eigenvalue weighted by molar-refractivity contribution is -0.136. The van der Waals surface area contributed by atoms with E-state index in [9.17, 15) is 19.5 Å². The Labute approximate surface area is 230 Å². The Morgan fingerprint density at radius 2 is 1.80 bits per heavy atom. The van der Waals surface area contributed by atoms with Gasteiger partial charge in [0, 0.05) is 25.1 Å². The van der Waals surface area contributed by atoms with Crippen LogP contribution in [-0.2, 0) is 22.7 Å². The first-order valence-corrected chi connectivity index (χ1v) is 13.2. The highest BCUT2D eigenvalue weighted by atomic mass is 16.5. The van der Waals surface area contributed by atoms with Crippen LogP contribution in [0, 0.1) is 0 Å². The van der Waals surface area contributed by atoms with E-state index in [0.29, 0.717) is 38.0 Å². The van der Waals surface area contributed by atoms with Gasteiger partial charge in [0.1, 0.15) is 12.9 Å². The standard InChI is InChI=1S/C29H32N6O5/c1-20(22-5-3-2-4-6-22)15-25(36)33-13-11-29(39,12-14-33)18-34-19-32-35-24(16-31-26(35)27(34)37)23-9-7-21(8-10-23)17-40-28(30)38/h2-10,16,19-20,39H,11-15,17-18H2,1H3,(H2,30,38)/t20-/m1/s1. The molecule has 2 amide bonds. The monoisotopic (exact) mass is 544 g/mol. The zero-order chi connectivity index (χ0) is 28.3. The summed E-state index contributed by atoms with van der Waals surface area (Å²) in [6.07, 6.45) is 3.27. The summed E-state index contributed by atoms with van der Waals surface area (Å²) in [7, 11) is 0. The van der Waals surface area contributed by atoms with Crippen molar-refractivity contribution < 1.29 is 19.4 Å². The molecule has 11 nitrogen and oxygen atoms in total. The number of benzene rings is 2. The van der Waals surface area contributed by atoms with E-state index in [1.54, 1.807) is 23.2 Å². The molecule has 3 N–H and O–H groups in total. The summed E-state index contributed by atoms with van der Waals surface area (Å²) in [6, 6.07) is 17.2. The van der Waals surface area contributed by atoms with Gasteiger partial charge >= 0.3 is 6.09 Å². The number of ether oxygens (including phenoxy) is 1. The molecule has 0 unspecified atom stereocenters. The van der Waals surface area contributed by atoms with Gasteiger partial charge in [-0.05, 0) is 29.9 Å². The number of hydrogen-bond donors (Lipinski definition) is 2. The largest absolute Gasteiger partial charge is 0.445 e. The third kappa shape index (κ3) is 5.89. The van der Waals surface area contributed by atoms with Crippen molar-refractivity contribution in [2.45, 2.75) is 50.9 Å². The van der Waals surface area contributed by atoms with Crippen LogP contribution < -0.4 is 11.3 Å². The summed E-state index contributed by atoms with van der Waals surface area (Å²) in [4.78, 5) is 43.0. The number of carbonyl (C=O) groups excluding carboxylic acids is 2. The van der Waals surface area contributed by atoms with E-state index in [4.69, 9.17) is 10.5 Å². The molecule has 40 heavy (non-hydrogen) atoms. The minimum Gasteiger partial charge on any atom is -0.445 e. The summed E-state index contributed by atoms with van der Waals surface area (Å²) in [5.74, 6) is 0.177. The average Bonchev–Trinajstić information content (AvgIpc) is 3.39. The first-order valence-electron chi connectivity index (χ1n) is 13.2. The zero-order valence-corrected chi connectivity index (χ0v) is 22.3. The number of piperidine rings is 1. The third-order valence-electron chi connectivity index (χ3n) is 7.49. The molecule has 5 rings (SSSR count). The van der Waals surface area contributed by atoms with E-state index in [1.165, 1.54) is 15.4 Å². The maximum Gasteiger partial charge on any atom is 0.404 e. The predicted octanol–water partition coefficient (Wildman–Crippen LogP) is 2.70. The Morgan fingerprint density at radius 3 is 2.48 bits per heavy atom. The molecule has 0 aliphatic carbocycles. The Hall–Kier alpha value is -4.51. The van der Waals surface area contributed by atoms with Crippen molar-refractivity contribution in [2.24, 2.45) is 5.73 Å². The van der Waals surface area contributed by atoms with Crippen molar-refractivity contribution in [1.82, 2.24) is 24.1 Å². The molecule has 3 heterocycles. The number of aromatic nitrogens is 4. The molecule has 1 aliphatic heterocycles. The van der Waals surface area contributed by atoms with Gasteiger partial charge in [-0.3, -0.25) is 14.2 Å². The molecule has 2 aromatic carbocycles. The van der Waals surface area contributed by atoms with Gasteiger partial charge in [0.15, 0.2) is 0 Å². The van der Waals surface area contributed by atoms with Gasteiger partial charge < -0.3 is 20.5 Å². The number of nitrogens with two attached hydrogens (primary N) is 1. The molecule has 0 bridgehead atoms. The van der Waals surface area contributed by atoms with Crippen LogP contribution in [-0.4, -0.2) is 59.9 Å². The molecule has 0 saturated carbocycles.